The lowest BCUT2D eigenvalue weighted by molar-refractivity contribution is -0.192. The maximum absolute atomic E-state index is 13.6. The fourth-order valence-electron chi connectivity index (χ4n) is 5.95. The van der Waals surface area contributed by atoms with Crippen LogP contribution in [0.3, 0.4) is 0 Å². The highest BCUT2D eigenvalue weighted by Gasteiger charge is 2.54. The highest BCUT2D eigenvalue weighted by molar-refractivity contribution is 5.85. The van der Waals surface area contributed by atoms with Gasteiger partial charge in [-0.2, -0.15) is 13.2 Å². The van der Waals surface area contributed by atoms with Crippen molar-refractivity contribution >= 4 is 23.7 Å². The molecule has 2 saturated carbocycles. The van der Waals surface area contributed by atoms with Crippen LogP contribution in [-0.2, 0) is 9.59 Å². The third-order valence-electron chi connectivity index (χ3n) is 8.32. The van der Waals surface area contributed by atoms with Crippen molar-refractivity contribution in [3.05, 3.63) is 24.4 Å². The molecule has 12 heteroatoms. The Balaban J connectivity index is 0.000000448. The van der Waals surface area contributed by atoms with Crippen LogP contribution in [0.25, 0.3) is 0 Å². The largest absolute Gasteiger partial charge is 0.490 e. The molecule has 3 heterocycles. The Morgan fingerprint density at radius 3 is 2.38 bits per heavy atom. The van der Waals surface area contributed by atoms with Crippen molar-refractivity contribution in [1.82, 2.24) is 20.5 Å². The summed E-state index contributed by atoms with van der Waals surface area (Å²) in [4.78, 5) is 44.4. The summed E-state index contributed by atoms with van der Waals surface area (Å²) >= 11 is 0. The van der Waals surface area contributed by atoms with Crippen LogP contribution in [0.4, 0.5) is 23.8 Å². The summed E-state index contributed by atoms with van der Waals surface area (Å²) in [5.41, 5.74) is -0.452. The van der Waals surface area contributed by atoms with E-state index in [0.717, 1.165) is 51.1 Å². The minimum Gasteiger partial charge on any atom is -0.475 e. The number of anilines is 1. The molecule has 4 fully saturated rings. The predicted octanol–water partition coefficient (Wildman–Crippen LogP) is 3.80. The lowest BCUT2D eigenvalue weighted by Gasteiger charge is -2.33. The van der Waals surface area contributed by atoms with Gasteiger partial charge >= 0.3 is 18.2 Å². The first-order valence-electron chi connectivity index (χ1n) is 13.9. The van der Waals surface area contributed by atoms with Gasteiger partial charge in [-0.3, -0.25) is 4.79 Å². The van der Waals surface area contributed by atoms with Gasteiger partial charge in [0.15, 0.2) is 0 Å². The molecule has 5 rings (SSSR count). The minimum atomic E-state index is -5.08. The number of hydrogen-bond donors (Lipinski definition) is 3. The molecule has 2 atom stereocenters. The molecule has 39 heavy (non-hydrogen) atoms. The number of rotatable bonds is 5. The van der Waals surface area contributed by atoms with Gasteiger partial charge in [-0.1, -0.05) is 25.3 Å². The second-order valence-electron chi connectivity index (χ2n) is 11.2. The van der Waals surface area contributed by atoms with E-state index in [-0.39, 0.29) is 17.9 Å². The normalized spacial score (nSPS) is 25.6. The van der Waals surface area contributed by atoms with Gasteiger partial charge in [0.25, 0.3) is 0 Å². The summed E-state index contributed by atoms with van der Waals surface area (Å²) in [5, 5.41) is 13.7. The second kappa shape index (κ2) is 12.4. The smallest absolute Gasteiger partial charge is 0.475 e. The molecule has 2 aliphatic carbocycles. The van der Waals surface area contributed by atoms with Crippen molar-refractivity contribution in [2.45, 2.75) is 70.0 Å². The Hall–Kier alpha value is -3.05. The molecule has 1 aromatic rings. The van der Waals surface area contributed by atoms with E-state index in [1.165, 1.54) is 32.1 Å². The van der Waals surface area contributed by atoms with E-state index in [1.54, 1.807) is 0 Å². The first kappa shape index (κ1) is 28.9. The van der Waals surface area contributed by atoms with Gasteiger partial charge < -0.3 is 25.5 Å². The number of pyridine rings is 1. The number of alkyl halides is 3. The standard InChI is InChI=1S/C25H37N5O2.C2HF3O2/c31-23(27-15-19-10-11-19)25-12-6-14-29(24(32)28-21-7-2-1-3-8-21)16-20(25)17-30(18-25)22-9-4-5-13-26-22;3-2(4,5)1(6)7/h4-5,9,13,19-21H,1-3,6-8,10-12,14-18H2,(H,27,31)(H,28,32);(H,6,7)/t20-,25-;/m0./s1. The van der Waals surface area contributed by atoms with Crippen molar-refractivity contribution < 1.29 is 32.7 Å². The second-order valence-corrected chi connectivity index (χ2v) is 11.2. The van der Waals surface area contributed by atoms with E-state index in [1.807, 2.05) is 29.3 Å². The number of nitrogens with zero attached hydrogens (tertiary/aromatic N) is 3. The lowest BCUT2D eigenvalue weighted by atomic mass is 9.74. The number of carbonyl (C=O) groups excluding carboxylic acids is 2. The lowest BCUT2D eigenvalue weighted by Crippen LogP contribution is -2.50. The first-order valence-corrected chi connectivity index (χ1v) is 13.9. The van der Waals surface area contributed by atoms with Crippen molar-refractivity contribution in [3.63, 3.8) is 0 Å². The summed E-state index contributed by atoms with van der Waals surface area (Å²) in [6.45, 7) is 3.61. The number of urea groups is 1. The average molecular weight is 554 g/mol. The fraction of sp³-hybridized carbons (Fsp3) is 0.704. The zero-order valence-corrected chi connectivity index (χ0v) is 22.1. The van der Waals surface area contributed by atoms with Crippen LogP contribution < -0.4 is 15.5 Å². The van der Waals surface area contributed by atoms with E-state index in [0.29, 0.717) is 25.0 Å². The molecule has 0 aromatic carbocycles. The molecular weight excluding hydrogens is 515 g/mol. The number of carboxylic acids is 1. The molecule has 3 N–H and O–H groups in total. The van der Waals surface area contributed by atoms with Gasteiger partial charge in [0.1, 0.15) is 5.82 Å². The van der Waals surface area contributed by atoms with Gasteiger partial charge in [-0.05, 0) is 56.6 Å². The van der Waals surface area contributed by atoms with E-state index >= 15 is 0 Å². The Morgan fingerprint density at radius 2 is 1.77 bits per heavy atom. The van der Waals surface area contributed by atoms with E-state index < -0.39 is 17.6 Å². The van der Waals surface area contributed by atoms with Crippen LogP contribution in [0.15, 0.2) is 24.4 Å². The highest BCUT2D eigenvalue weighted by Crippen LogP contribution is 2.44. The zero-order valence-electron chi connectivity index (χ0n) is 22.1. The number of fused-ring (bicyclic) bond motifs is 1. The quantitative estimate of drug-likeness (QED) is 0.511. The Kier molecular flexibility index (Phi) is 9.22. The van der Waals surface area contributed by atoms with E-state index in [4.69, 9.17) is 9.90 Å². The van der Waals surface area contributed by atoms with Crippen LogP contribution in [-0.4, -0.2) is 77.8 Å². The van der Waals surface area contributed by atoms with Crippen molar-refractivity contribution in [3.8, 4) is 0 Å². The molecule has 0 unspecified atom stereocenters. The molecule has 2 saturated heterocycles. The molecule has 0 radical (unpaired) electrons. The van der Waals surface area contributed by atoms with Gasteiger partial charge in [0.2, 0.25) is 5.91 Å². The Bertz CT molecular complexity index is 1000. The van der Waals surface area contributed by atoms with Crippen LogP contribution in [0, 0.1) is 17.3 Å². The molecule has 3 amide bonds. The van der Waals surface area contributed by atoms with Crippen LogP contribution in [0.1, 0.15) is 57.8 Å². The van der Waals surface area contributed by atoms with Gasteiger partial charge in [0, 0.05) is 50.9 Å². The summed E-state index contributed by atoms with van der Waals surface area (Å²) in [6, 6.07) is 6.31. The maximum Gasteiger partial charge on any atom is 0.490 e. The minimum absolute atomic E-state index is 0.0578. The summed E-state index contributed by atoms with van der Waals surface area (Å²) in [6.07, 6.45) is 6.74. The Labute approximate surface area is 226 Å². The number of carboxylic acid groups (broad SMARTS) is 1. The molecule has 4 aliphatic rings. The number of carbonyl (C=O) groups is 3. The molecule has 1 aromatic heterocycles. The molecule has 2 aliphatic heterocycles. The van der Waals surface area contributed by atoms with E-state index in [9.17, 15) is 22.8 Å². The number of halogens is 3. The number of likely N-dealkylation sites (tertiary alicyclic amines) is 1. The third-order valence-corrected chi connectivity index (χ3v) is 8.32. The van der Waals surface area contributed by atoms with Crippen molar-refractivity contribution in [1.29, 1.82) is 0 Å². The monoisotopic (exact) mass is 553 g/mol. The van der Waals surface area contributed by atoms with Gasteiger partial charge in [-0.15, -0.1) is 0 Å². The predicted molar refractivity (Wildman–Crippen MR) is 138 cm³/mol. The molecular formula is C27H38F3N5O4. The average Bonchev–Trinajstić information content (AvgIpc) is 3.70. The molecule has 0 bridgehead atoms. The molecule has 0 spiro atoms. The van der Waals surface area contributed by atoms with Crippen LogP contribution >= 0.6 is 0 Å². The molecule has 216 valence electrons. The number of hydrogen-bond acceptors (Lipinski definition) is 5. The maximum atomic E-state index is 13.6. The van der Waals surface area contributed by atoms with Crippen LogP contribution in [0.2, 0.25) is 0 Å². The van der Waals surface area contributed by atoms with Gasteiger partial charge in [-0.25, -0.2) is 14.6 Å². The number of aromatic nitrogens is 1. The summed E-state index contributed by atoms with van der Waals surface area (Å²) < 4.78 is 31.7. The third kappa shape index (κ3) is 7.54. The van der Waals surface area contributed by atoms with Crippen LogP contribution in [0.5, 0.6) is 0 Å². The fourth-order valence-corrected chi connectivity index (χ4v) is 5.95. The highest BCUT2D eigenvalue weighted by atomic mass is 19.4. The zero-order chi connectivity index (χ0) is 28.0. The summed E-state index contributed by atoms with van der Waals surface area (Å²) in [7, 11) is 0. The van der Waals surface area contributed by atoms with Crippen molar-refractivity contribution in [2.24, 2.45) is 17.3 Å². The van der Waals surface area contributed by atoms with E-state index in [2.05, 4.69) is 20.5 Å². The first-order chi connectivity index (χ1) is 18.6. The Morgan fingerprint density at radius 1 is 1.05 bits per heavy atom. The number of amides is 3. The topological polar surface area (TPSA) is 115 Å². The molecule has 9 nitrogen and oxygen atoms in total. The SMILES string of the molecule is O=C(NC1CCCCC1)N1CCC[C@]2(C(=O)NCC3CC3)CN(c3ccccn3)C[C@@H]2C1.O=C(O)C(F)(F)F. The van der Waals surface area contributed by atoms with Crippen molar-refractivity contribution in [2.75, 3.05) is 37.6 Å². The summed E-state index contributed by atoms with van der Waals surface area (Å²) in [5.74, 6) is -0.878. The number of nitrogens with one attached hydrogen (secondary N) is 2. The van der Waals surface area contributed by atoms with Gasteiger partial charge in [0.05, 0.1) is 5.41 Å². The number of aliphatic carboxylic acids is 1.